The molecule has 0 radical (unpaired) electrons. The van der Waals surface area contributed by atoms with Crippen LogP contribution in [0.25, 0.3) is 0 Å². The minimum atomic E-state index is -0.608. The molecule has 1 aliphatic heterocycles. The van der Waals surface area contributed by atoms with Crippen molar-refractivity contribution >= 4 is 11.8 Å². The van der Waals surface area contributed by atoms with E-state index in [9.17, 15) is 9.59 Å². The van der Waals surface area contributed by atoms with E-state index >= 15 is 0 Å². The molecule has 1 N–H and O–H groups in total. The molecular weight excluding hydrogens is 486 g/mol. The van der Waals surface area contributed by atoms with Crippen LogP contribution in [-0.2, 0) is 19.1 Å². The van der Waals surface area contributed by atoms with Gasteiger partial charge in [-0.05, 0) is 49.9 Å². The van der Waals surface area contributed by atoms with Gasteiger partial charge in [-0.2, -0.15) is 0 Å². The summed E-state index contributed by atoms with van der Waals surface area (Å²) in [6, 6.07) is 13.3. The third-order valence-corrected chi connectivity index (χ3v) is 6.98. The first-order valence-corrected chi connectivity index (χ1v) is 12.8. The van der Waals surface area contributed by atoms with Crippen molar-refractivity contribution in [2.24, 2.45) is 0 Å². The molecule has 1 heterocycles. The number of rotatable bonds is 10. The van der Waals surface area contributed by atoms with E-state index in [1.54, 1.807) is 21.3 Å². The molecule has 0 saturated heterocycles. The number of dihydropyridines is 1. The Labute approximate surface area is 223 Å². The van der Waals surface area contributed by atoms with Crippen molar-refractivity contribution in [1.82, 2.24) is 5.32 Å². The maximum absolute atomic E-state index is 13.9. The highest BCUT2D eigenvalue weighted by molar-refractivity contribution is 6.04. The van der Waals surface area contributed by atoms with Gasteiger partial charge < -0.3 is 29.0 Å². The molecular formula is C30H35NO7. The lowest BCUT2D eigenvalue weighted by molar-refractivity contribution is -0.140. The van der Waals surface area contributed by atoms with E-state index in [0.29, 0.717) is 53.5 Å². The molecule has 2 aromatic carbocycles. The Hall–Kier alpha value is -3.78. The topological polar surface area (TPSA) is 92.3 Å². The second-order valence-corrected chi connectivity index (χ2v) is 9.23. The van der Waals surface area contributed by atoms with Crippen LogP contribution in [0.1, 0.15) is 49.7 Å². The predicted molar refractivity (Wildman–Crippen MR) is 143 cm³/mol. The van der Waals surface area contributed by atoms with Gasteiger partial charge in [0.1, 0.15) is 12.4 Å². The second kappa shape index (κ2) is 12.2. The quantitative estimate of drug-likeness (QED) is 0.357. The molecule has 0 saturated carbocycles. The standard InChI is InChI=1S/C30H35NO7/c1-6-37-24-10-8-7-9-21(24)28-27(30(33)38-14-13-34-3)18(2)31-22-15-20(16-23(32)29(22)28)19-11-12-25(35-4)26(17-19)36-5/h7-12,17,20,28,31H,6,13-16H2,1-5H3/t20-,28+/m1/s1. The predicted octanol–water partition coefficient (Wildman–Crippen LogP) is 4.65. The van der Waals surface area contributed by atoms with Crippen molar-refractivity contribution in [3.05, 3.63) is 76.1 Å². The molecule has 0 unspecified atom stereocenters. The van der Waals surface area contributed by atoms with Gasteiger partial charge in [-0.15, -0.1) is 0 Å². The lowest BCUT2D eigenvalue weighted by Crippen LogP contribution is -2.36. The van der Waals surface area contributed by atoms with Crippen LogP contribution in [0.3, 0.4) is 0 Å². The maximum atomic E-state index is 13.9. The molecule has 8 nitrogen and oxygen atoms in total. The largest absolute Gasteiger partial charge is 0.494 e. The zero-order chi connectivity index (χ0) is 27.2. The monoisotopic (exact) mass is 521 g/mol. The van der Waals surface area contributed by atoms with Crippen LogP contribution in [0.4, 0.5) is 0 Å². The Morgan fingerprint density at radius 2 is 1.74 bits per heavy atom. The average molecular weight is 522 g/mol. The number of esters is 1. The van der Waals surface area contributed by atoms with Gasteiger partial charge in [-0.1, -0.05) is 24.3 Å². The first-order chi connectivity index (χ1) is 18.4. The fourth-order valence-electron chi connectivity index (χ4n) is 5.26. The molecule has 0 amide bonds. The number of hydrogen-bond donors (Lipinski definition) is 1. The molecule has 38 heavy (non-hydrogen) atoms. The van der Waals surface area contributed by atoms with Gasteiger partial charge in [-0.3, -0.25) is 4.79 Å². The van der Waals surface area contributed by atoms with Crippen molar-refractivity contribution in [2.45, 2.75) is 38.5 Å². The third kappa shape index (κ3) is 5.41. The Bertz CT molecular complexity index is 1260. The first kappa shape index (κ1) is 27.3. The smallest absolute Gasteiger partial charge is 0.336 e. The molecule has 2 aromatic rings. The zero-order valence-electron chi connectivity index (χ0n) is 22.6. The minimum absolute atomic E-state index is 0.0236. The Balaban J connectivity index is 1.78. The summed E-state index contributed by atoms with van der Waals surface area (Å²) in [5.41, 5.74) is 4.20. The summed E-state index contributed by atoms with van der Waals surface area (Å²) in [5, 5.41) is 3.38. The fourth-order valence-corrected chi connectivity index (χ4v) is 5.26. The number of nitrogens with one attached hydrogen (secondary N) is 1. The van der Waals surface area contributed by atoms with Crippen molar-refractivity contribution in [3.63, 3.8) is 0 Å². The van der Waals surface area contributed by atoms with Crippen LogP contribution in [-0.4, -0.2) is 52.9 Å². The first-order valence-electron chi connectivity index (χ1n) is 12.8. The molecule has 0 bridgehead atoms. The van der Waals surface area contributed by atoms with Gasteiger partial charge in [0.25, 0.3) is 0 Å². The van der Waals surface area contributed by atoms with Gasteiger partial charge in [0.2, 0.25) is 0 Å². The highest BCUT2D eigenvalue weighted by Crippen LogP contribution is 2.48. The lowest BCUT2D eigenvalue weighted by Gasteiger charge is -2.37. The summed E-state index contributed by atoms with van der Waals surface area (Å²) in [6.07, 6.45) is 0.904. The van der Waals surface area contributed by atoms with Gasteiger partial charge in [0.15, 0.2) is 17.3 Å². The molecule has 8 heteroatoms. The molecule has 2 atom stereocenters. The number of methoxy groups -OCH3 is 3. The maximum Gasteiger partial charge on any atom is 0.336 e. The van der Waals surface area contributed by atoms with Gasteiger partial charge in [0.05, 0.1) is 38.9 Å². The molecule has 1 aliphatic carbocycles. The van der Waals surface area contributed by atoms with Crippen molar-refractivity contribution < 1.29 is 33.3 Å². The summed E-state index contributed by atoms with van der Waals surface area (Å²) < 4.78 is 27.4. The highest BCUT2D eigenvalue weighted by atomic mass is 16.6. The van der Waals surface area contributed by atoms with E-state index in [2.05, 4.69) is 5.32 Å². The summed E-state index contributed by atoms with van der Waals surface area (Å²) in [5.74, 6) is 0.724. The summed E-state index contributed by atoms with van der Waals surface area (Å²) in [7, 11) is 4.74. The zero-order valence-corrected chi connectivity index (χ0v) is 22.6. The molecule has 0 spiro atoms. The molecule has 2 aliphatic rings. The third-order valence-electron chi connectivity index (χ3n) is 6.98. The Morgan fingerprint density at radius 1 is 0.974 bits per heavy atom. The highest BCUT2D eigenvalue weighted by Gasteiger charge is 2.42. The van der Waals surface area contributed by atoms with Crippen molar-refractivity contribution in [1.29, 1.82) is 0 Å². The van der Waals surface area contributed by atoms with Crippen LogP contribution in [0.2, 0.25) is 0 Å². The Morgan fingerprint density at radius 3 is 2.45 bits per heavy atom. The van der Waals surface area contributed by atoms with Crippen LogP contribution in [0.5, 0.6) is 17.2 Å². The van der Waals surface area contributed by atoms with Crippen LogP contribution in [0.15, 0.2) is 65.0 Å². The Kier molecular flexibility index (Phi) is 8.73. The van der Waals surface area contributed by atoms with Crippen molar-refractivity contribution in [2.75, 3.05) is 41.2 Å². The second-order valence-electron chi connectivity index (χ2n) is 9.23. The molecule has 202 valence electrons. The SMILES string of the molecule is CCOc1ccccc1[C@H]1C(C(=O)OCCOC)=C(C)NC2=C1C(=O)C[C@H](c1ccc(OC)c(OC)c1)C2. The van der Waals surface area contributed by atoms with Crippen molar-refractivity contribution in [3.8, 4) is 17.2 Å². The number of carbonyl (C=O) groups is 2. The number of carbonyl (C=O) groups excluding carboxylic acids is 2. The summed E-state index contributed by atoms with van der Waals surface area (Å²) in [4.78, 5) is 27.2. The fraction of sp³-hybridized carbons (Fsp3) is 0.400. The number of ketones is 1. The van der Waals surface area contributed by atoms with E-state index < -0.39 is 11.9 Å². The summed E-state index contributed by atoms with van der Waals surface area (Å²) in [6.45, 7) is 4.61. The normalized spacial score (nSPS) is 19.0. The number of ether oxygens (including phenoxy) is 5. The molecule has 0 fully saturated rings. The van der Waals surface area contributed by atoms with Gasteiger partial charge in [0, 0.05) is 36.1 Å². The van der Waals surface area contributed by atoms with E-state index in [0.717, 1.165) is 16.8 Å². The molecule has 0 aromatic heterocycles. The number of allylic oxidation sites excluding steroid dienone is 3. The molecule has 4 rings (SSSR count). The summed E-state index contributed by atoms with van der Waals surface area (Å²) >= 11 is 0. The van der Waals surface area contributed by atoms with Crippen LogP contribution in [0, 0.1) is 0 Å². The van der Waals surface area contributed by atoms with E-state index in [1.165, 1.54) is 0 Å². The van der Waals surface area contributed by atoms with E-state index in [1.807, 2.05) is 56.3 Å². The lowest BCUT2D eigenvalue weighted by atomic mass is 9.71. The van der Waals surface area contributed by atoms with Crippen LogP contribution < -0.4 is 19.5 Å². The van der Waals surface area contributed by atoms with Crippen LogP contribution >= 0.6 is 0 Å². The van der Waals surface area contributed by atoms with Gasteiger partial charge >= 0.3 is 5.97 Å². The number of Topliss-reactive ketones (excluding diaryl/α,β-unsaturated/α-hetero) is 1. The number of para-hydroxylation sites is 1. The number of hydrogen-bond acceptors (Lipinski definition) is 8. The minimum Gasteiger partial charge on any atom is -0.494 e. The number of benzene rings is 2. The van der Waals surface area contributed by atoms with E-state index in [4.69, 9.17) is 23.7 Å². The average Bonchev–Trinajstić information content (AvgIpc) is 2.92. The van der Waals surface area contributed by atoms with Gasteiger partial charge in [-0.25, -0.2) is 4.79 Å². The van der Waals surface area contributed by atoms with E-state index in [-0.39, 0.29) is 24.9 Å².